The molecule has 8 heteroatoms. The van der Waals surface area contributed by atoms with E-state index in [0.29, 0.717) is 6.42 Å². The molecule has 0 aliphatic heterocycles. The number of aryl methyl sites for hydroxylation is 1. The number of hydrogen-bond acceptors (Lipinski definition) is 5. The zero-order chi connectivity index (χ0) is 17.1. The van der Waals surface area contributed by atoms with Crippen LogP contribution in [0.3, 0.4) is 0 Å². The molecule has 0 aliphatic rings. The van der Waals surface area contributed by atoms with Crippen molar-refractivity contribution in [3.8, 4) is 5.69 Å². The van der Waals surface area contributed by atoms with Crippen LogP contribution in [0.15, 0.2) is 42.7 Å². The predicted molar refractivity (Wildman–Crippen MR) is 85.1 cm³/mol. The standard InChI is InChI=1S/C15H19N3O4S/c1-15(14(19)17-20,23(2,21)22)9-8-12-4-6-13(7-5-12)18-11-3-10-16-18/h3-7,10-11,20H,8-9H2,1-2H3,(H,17,19). The molecule has 124 valence electrons. The van der Waals surface area contributed by atoms with E-state index >= 15 is 0 Å². The van der Waals surface area contributed by atoms with E-state index in [-0.39, 0.29) is 6.42 Å². The molecule has 1 heterocycles. The summed E-state index contributed by atoms with van der Waals surface area (Å²) in [6, 6.07) is 9.27. The van der Waals surface area contributed by atoms with Crippen LogP contribution in [-0.2, 0) is 21.1 Å². The lowest BCUT2D eigenvalue weighted by molar-refractivity contribution is -0.131. The first kappa shape index (κ1) is 17.2. The summed E-state index contributed by atoms with van der Waals surface area (Å²) in [6.07, 6.45) is 4.94. The van der Waals surface area contributed by atoms with Gasteiger partial charge in [0, 0.05) is 18.6 Å². The highest BCUT2D eigenvalue weighted by Crippen LogP contribution is 2.24. The number of carbonyl (C=O) groups excluding carboxylic acids is 1. The van der Waals surface area contributed by atoms with Gasteiger partial charge in [0.1, 0.15) is 4.75 Å². The van der Waals surface area contributed by atoms with Crippen molar-refractivity contribution in [2.45, 2.75) is 24.5 Å². The Morgan fingerprint density at radius 2 is 2.00 bits per heavy atom. The van der Waals surface area contributed by atoms with Crippen LogP contribution in [0.4, 0.5) is 0 Å². The summed E-state index contributed by atoms with van der Waals surface area (Å²) in [7, 11) is -3.68. The van der Waals surface area contributed by atoms with E-state index in [0.717, 1.165) is 17.5 Å². The minimum absolute atomic E-state index is 0.0688. The van der Waals surface area contributed by atoms with E-state index in [1.54, 1.807) is 10.9 Å². The van der Waals surface area contributed by atoms with Crippen LogP contribution in [0.2, 0.25) is 0 Å². The van der Waals surface area contributed by atoms with Crippen LogP contribution in [0.5, 0.6) is 0 Å². The monoisotopic (exact) mass is 337 g/mol. The highest BCUT2D eigenvalue weighted by atomic mass is 32.2. The molecule has 1 unspecified atom stereocenters. The largest absolute Gasteiger partial charge is 0.289 e. The zero-order valence-electron chi connectivity index (χ0n) is 12.9. The van der Waals surface area contributed by atoms with Crippen molar-refractivity contribution in [1.82, 2.24) is 15.3 Å². The number of benzene rings is 1. The summed E-state index contributed by atoms with van der Waals surface area (Å²) < 4.78 is 23.8. The molecule has 1 amide bonds. The van der Waals surface area contributed by atoms with E-state index < -0.39 is 20.5 Å². The average molecular weight is 337 g/mol. The first-order valence-corrected chi connectivity index (χ1v) is 8.90. The molecule has 0 spiro atoms. The molecule has 0 saturated heterocycles. The maximum absolute atomic E-state index is 11.9. The van der Waals surface area contributed by atoms with Crippen LogP contribution in [0.1, 0.15) is 18.9 Å². The average Bonchev–Trinajstić information content (AvgIpc) is 3.05. The van der Waals surface area contributed by atoms with Crippen molar-refractivity contribution in [3.63, 3.8) is 0 Å². The van der Waals surface area contributed by atoms with Gasteiger partial charge in [-0.3, -0.25) is 10.0 Å². The van der Waals surface area contributed by atoms with Gasteiger partial charge in [-0.1, -0.05) is 12.1 Å². The molecule has 2 aromatic rings. The second kappa shape index (κ2) is 6.51. The number of rotatable bonds is 6. The predicted octanol–water partition coefficient (Wildman–Crippen LogP) is 1.11. The number of hydrogen-bond donors (Lipinski definition) is 2. The van der Waals surface area contributed by atoms with Gasteiger partial charge in [0.05, 0.1) is 5.69 Å². The number of sulfone groups is 1. The third kappa shape index (κ3) is 3.59. The summed E-state index contributed by atoms with van der Waals surface area (Å²) in [5.41, 5.74) is 3.22. The van der Waals surface area contributed by atoms with Gasteiger partial charge >= 0.3 is 0 Å². The van der Waals surface area contributed by atoms with E-state index in [2.05, 4.69) is 5.10 Å². The molecule has 0 fully saturated rings. The first-order chi connectivity index (χ1) is 10.8. The van der Waals surface area contributed by atoms with Gasteiger partial charge in [-0.2, -0.15) is 5.10 Å². The summed E-state index contributed by atoms with van der Waals surface area (Å²) in [4.78, 5) is 11.8. The Hall–Kier alpha value is -2.19. The molecular weight excluding hydrogens is 318 g/mol. The number of nitrogens with one attached hydrogen (secondary N) is 1. The Morgan fingerprint density at radius 1 is 1.35 bits per heavy atom. The molecule has 2 rings (SSSR count). The fourth-order valence-corrected chi connectivity index (χ4v) is 3.06. The molecule has 0 saturated carbocycles. The van der Waals surface area contributed by atoms with Gasteiger partial charge in [-0.05, 0) is 43.5 Å². The number of nitrogens with zero attached hydrogens (tertiary/aromatic N) is 2. The zero-order valence-corrected chi connectivity index (χ0v) is 13.7. The fourth-order valence-electron chi connectivity index (χ4n) is 2.21. The van der Waals surface area contributed by atoms with Gasteiger partial charge in [0.25, 0.3) is 5.91 Å². The van der Waals surface area contributed by atoms with Crippen molar-refractivity contribution in [1.29, 1.82) is 0 Å². The summed E-state index contributed by atoms with van der Waals surface area (Å²) in [6.45, 7) is 1.31. The van der Waals surface area contributed by atoms with Crippen LogP contribution in [0.25, 0.3) is 5.69 Å². The maximum Gasteiger partial charge on any atom is 0.264 e. The summed E-state index contributed by atoms with van der Waals surface area (Å²) in [5, 5.41) is 12.9. The molecule has 7 nitrogen and oxygen atoms in total. The Balaban J connectivity index is 2.14. The Morgan fingerprint density at radius 3 is 2.48 bits per heavy atom. The molecule has 1 atom stereocenters. The SMILES string of the molecule is CC(CCc1ccc(-n2cccn2)cc1)(C(=O)NO)S(C)(=O)=O. The van der Waals surface area contributed by atoms with Crippen molar-refractivity contribution < 1.29 is 18.4 Å². The van der Waals surface area contributed by atoms with Crippen LogP contribution >= 0.6 is 0 Å². The summed E-state index contributed by atoms with van der Waals surface area (Å²) in [5.74, 6) is -0.923. The second-order valence-electron chi connectivity index (χ2n) is 5.56. The quantitative estimate of drug-likeness (QED) is 0.607. The molecule has 1 aromatic carbocycles. The molecule has 1 aromatic heterocycles. The topological polar surface area (TPSA) is 101 Å². The summed E-state index contributed by atoms with van der Waals surface area (Å²) >= 11 is 0. The van der Waals surface area contributed by atoms with Gasteiger partial charge in [-0.25, -0.2) is 18.6 Å². The smallest absolute Gasteiger partial charge is 0.264 e. The molecule has 0 bridgehead atoms. The molecule has 2 N–H and O–H groups in total. The van der Waals surface area contributed by atoms with Crippen molar-refractivity contribution >= 4 is 15.7 Å². The number of aromatic nitrogens is 2. The van der Waals surface area contributed by atoms with Crippen LogP contribution in [-0.4, -0.2) is 40.3 Å². The lowest BCUT2D eigenvalue weighted by atomic mass is 9.99. The van der Waals surface area contributed by atoms with Gasteiger partial charge < -0.3 is 0 Å². The van der Waals surface area contributed by atoms with E-state index in [1.807, 2.05) is 36.5 Å². The van der Waals surface area contributed by atoms with E-state index in [4.69, 9.17) is 5.21 Å². The Kier molecular flexibility index (Phi) is 4.86. The number of amides is 1. The van der Waals surface area contributed by atoms with E-state index in [1.165, 1.54) is 12.4 Å². The van der Waals surface area contributed by atoms with Gasteiger partial charge in [0.2, 0.25) is 0 Å². The normalized spacial score (nSPS) is 14.2. The molecule has 23 heavy (non-hydrogen) atoms. The van der Waals surface area contributed by atoms with Gasteiger partial charge in [-0.15, -0.1) is 0 Å². The van der Waals surface area contributed by atoms with Crippen molar-refractivity contribution in [2.75, 3.05) is 6.26 Å². The highest BCUT2D eigenvalue weighted by Gasteiger charge is 2.43. The molecular formula is C15H19N3O4S. The van der Waals surface area contributed by atoms with Gasteiger partial charge in [0.15, 0.2) is 9.84 Å². The second-order valence-corrected chi connectivity index (χ2v) is 8.01. The fraction of sp³-hybridized carbons (Fsp3) is 0.333. The minimum atomic E-state index is -3.68. The van der Waals surface area contributed by atoms with Crippen molar-refractivity contribution in [3.05, 3.63) is 48.3 Å². The highest BCUT2D eigenvalue weighted by molar-refractivity contribution is 7.92. The lowest BCUT2D eigenvalue weighted by Gasteiger charge is -2.25. The van der Waals surface area contributed by atoms with Crippen LogP contribution < -0.4 is 5.48 Å². The Labute approximate surface area is 134 Å². The van der Waals surface area contributed by atoms with Crippen LogP contribution in [0, 0.1) is 0 Å². The molecule has 0 radical (unpaired) electrons. The van der Waals surface area contributed by atoms with E-state index in [9.17, 15) is 13.2 Å². The maximum atomic E-state index is 11.9. The minimum Gasteiger partial charge on any atom is -0.289 e. The number of hydroxylamine groups is 1. The third-order valence-electron chi connectivity index (χ3n) is 4.00. The first-order valence-electron chi connectivity index (χ1n) is 7.01. The third-order valence-corrected chi connectivity index (χ3v) is 6.02. The Bertz CT molecular complexity index is 770. The number of carbonyl (C=O) groups is 1. The molecule has 0 aliphatic carbocycles. The lowest BCUT2D eigenvalue weighted by Crippen LogP contribution is -2.49. The van der Waals surface area contributed by atoms with Crippen molar-refractivity contribution in [2.24, 2.45) is 0 Å².